The van der Waals surface area contributed by atoms with Gasteiger partial charge in [-0.2, -0.15) is 0 Å². The van der Waals surface area contributed by atoms with E-state index in [4.69, 9.17) is 4.74 Å². The smallest absolute Gasteiger partial charge is 0.243 e. The van der Waals surface area contributed by atoms with Crippen LogP contribution in [0.3, 0.4) is 0 Å². The lowest BCUT2D eigenvalue weighted by atomic mass is 10.2. The molecule has 1 fully saturated rings. The zero-order chi connectivity index (χ0) is 14.8. The maximum absolute atomic E-state index is 12.1. The van der Waals surface area contributed by atoms with Gasteiger partial charge in [0.25, 0.3) is 0 Å². The molecule has 112 valence electrons. The second kappa shape index (κ2) is 5.97. The second-order valence-electron chi connectivity index (χ2n) is 4.92. The number of aliphatic hydroxyl groups is 1. The van der Waals surface area contributed by atoms with Crippen molar-refractivity contribution in [3.8, 4) is 5.75 Å². The zero-order valence-corrected chi connectivity index (χ0v) is 12.4. The summed E-state index contributed by atoms with van der Waals surface area (Å²) in [5, 5.41) is 15.8. The standard InChI is InChI=1S/C14H17N3O3S/c1-2-20-9-3-4-10-12(6-9)21-14(16-10)17-13(19)11-5-8(18)7-15-11/h3-4,6,8,11,15,18H,2,5,7H2,1H3,(H,16,17,19). The van der Waals surface area contributed by atoms with E-state index < -0.39 is 6.10 Å². The van der Waals surface area contributed by atoms with Crippen molar-refractivity contribution >= 4 is 32.6 Å². The molecule has 0 aliphatic carbocycles. The molecule has 1 aromatic heterocycles. The Labute approximate surface area is 126 Å². The Kier molecular flexibility index (Phi) is 4.05. The molecule has 0 saturated carbocycles. The van der Waals surface area contributed by atoms with Crippen molar-refractivity contribution in [1.29, 1.82) is 0 Å². The molecule has 21 heavy (non-hydrogen) atoms. The lowest BCUT2D eigenvalue weighted by Crippen LogP contribution is -2.35. The van der Waals surface area contributed by atoms with Crippen LogP contribution in [-0.4, -0.2) is 41.3 Å². The van der Waals surface area contributed by atoms with E-state index in [1.54, 1.807) is 0 Å². The summed E-state index contributed by atoms with van der Waals surface area (Å²) in [5.74, 6) is 0.641. The molecule has 6 nitrogen and oxygen atoms in total. The van der Waals surface area contributed by atoms with Gasteiger partial charge in [-0.05, 0) is 31.5 Å². The molecular weight excluding hydrogens is 290 g/mol. The normalized spacial score (nSPS) is 21.6. The molecule has 1 amide bonds. The molecule has 1 aliphatic heterocycles. The lowest BCUT2D eigenvalue weighted by molar-refractivity contribution is -0.117. The molecule has 0 radical (unpaired) electrons. The van der Waals surface area contributed by atoms with Crippen molar-refractivity contribution < 1.29 is 14.6 Å². The molecule has 1 saturated heterocycles. The van der Waals surface area contributed by atoms with E-state index in [1.807, 2.05) is 25.1 Å². The first-order chi connectivity index (χ1) is 10.2. The van der Waals surface area contributed by atoms with Gasteiger partial charge < -0.3 is 20.5 Å². The fraction of sp³-hybridized carbons (Fsp3) is 0.429. The minimum Gasteiger partial charge on any atom is -0.494 e. The van der Waals surface area contributed by atoms with Gasteiger partial charge >= 0.3 is 0 Å². The molecule has 0 spiro atoms. The lowest BCUT2D eigenvalue weighted by Gasteiger charge is -2.08. The van der Waals surface area contributed by atoms with Crippen LogP contribution in [0.4, 0.5) is 5.13 Å². The van der Waals surface area contributed by atoms with Gasteiger partial charge in [-0.25, -0.2) is 4.98 Å². The maximum Gasteiger partial charge on any atom is 0.243 e. The Hall–Kier alpha value is -1.70. The number of rotatable bonds is 4. The summed E-state index contributed by atoms with van der Waals surface area (Å²) in [4.78, 5) is 16.4. The molecular formula is C14H17N3O3S. The van der Waals surface area contributed by atoms with Gasteiger partial charge in [-0.15, -0.1) is 0 Å². The molecule has 7 heteroatoms. The Morgan fingerprint density at radius 3 is 3.19 bits per heavy atom. The highest BCUT2D eigenvalue weighted by Gasteiger charge is 2.28. The Balaban J connectivity index is 1.73. The highest BCUT2D eigenvalue weighted by molar-refractivity contribution is 7.22. The maximum atomic E-state index is 12.1. The Morgan fingerprint density at radius 2 is 2.48 bits per heavy atom. The van der Waals surface area contributed by atoms with Crippen LogP contribution >= 0.6 is 11.3 Å². The predicted octanol–water partition coefficient (Wildman–Crippen LogP) is 1.36. The number of hydrogen-bond donors (Lipinski definition) is 3. The SMILES string of the molecule is CCOc1ccc2nc(NC(=O)C3CC(O)CN3)sc2c1. The Morgan fingerprint density at radius 1 is 1.62 bits per heavy atom. The van der Waals surface area contributed by atoms with Gasteiger partial charge in [-0.3, -0.25) is 4.79 Å². The quantitative estimate of drug-likeness (QED) is 0.794. The van der Waals surface area contributed by atoms with Crippen molar-refractivity contribution in [2.45, 2.75) is 25.5 Å². The molecule has 1 aromatic carbocycles. The van der Waals surface area contributed by atoms with E-state index in [1.165, 1.54) is 11.3 Å². The van der Waals surface area contributed by atoms with Crippen molar-refractivity contribution in [3.05, 3.63) is 18.2 Å². The minimum atomic E-state index is -0.454. The van der Waals surface area contributed by atoms with Crippen molar-refractivity contribution in [1.82, 2.24) is 10.3 Å². The summed E-state index contributed by atoms with van der Waals surface area (Å²) in [6.07, 6.45) is -0.0181. The predicted molar refractivity (Wildman–Crippen MR) is 81.8 cm³/mol. The summed E-state index contributed by atoms with van der Waals surface area (Å²) >= 11 is 1.41. The molecule has 2 aromatic rings. The van der Waals surface area contributed by atoms with E-state index in [-0.39, 0.29) is 11.9 Å². The van der Waals surface area contributed by atoms with Crippen LogP contribution in [0.5, 0.6) is 5.75 Å². The largest absolute Gasteiger partial charge is 0.494 e. The van der Waals surface area contributed by atoms with E-state index in [0.29, 0.717) is 24.7 Å². The summed E-state index contributed by atoms with van der Waals surface area (Å²) in [7, 11) is 0. The minimum absolute atomic E-state index is 0.157. The monoisotopic (exact) mass is 307 g/mol. The number of carbonyl (C=O) groups is 1. The number of nitrogens with one attached hydrogen (secondary N) is 2. The van der Waals surface area contributed by atoms with E-state index in [2.05, 4.69) is 15.6 Å². The van der Waals surface area contributed by atoms with Crippen LogP contribution < -0.4 is 15.4 Å². The Bertz CT molecular complexity index is 658. The number of carbonyl (C=O) groups excluding carboxylic acids is 1. The first kappa shape index (κ1) is 14.2. The molecule has 3 N–H and O–H groups in total. The summed E-state index contributed by atoms with van der Waals surface area (Å²) < 4.78 is 6.42. The van der Waals surface area contributed by atoms with Gasteiger partial charge in [0.2, 0.25) is 5.91 Å². The number of hydrogen-bond acceptors (Lipinski definition) is 6. The first-order valence-electron chi connectivity index (χ1n) is 6.91. The number of aromatic nitrogens is 1. The average molecular weight is 307 g/mol. The van der Waals surface area contributed by atoms with Crippen molar-refractivity contribution in [3.63, 3.8) is 0 Å². The summed E-state index contributed by atoms with van der Waals surface area (Å²) in [5.41, 5.74) is 0.832. The molecule has 2 unspecified atom stereocenters. The third-order valence-corrected chi connectivity index (χ3v) is 4.26. The van der Waals surface area contributed by atoms with Crippen molar-refractivity contribution in [2.75, 3.05) is 18.5 Å². The third-order valence-electron chi connectivity index (χ3n) is 3.33. The fourth-order valence-corrected chi connectivity index (χ4v) is 3.22. The number of benzene rings is 1. The van der Waals surface area contributed by atoms with Crippen LogP contribution in [0.15, 0.2) is 18.2 Å². The van der Waals surface area contributed by atoms with Crippen molar-refractivity contribution in [2.24, 2.45) is 0 Å². The summed E-state index contributed by atoms with van der Waals surface area (Å²) in [6.45, 7) is 3.00. The molecule has 2 heterocycles. The number of β-amino-alcohol motifs (C(OH)–C–C–N with tert-alkyl or cyclic N) is 1. The van der Waals surface area contributed by atoms with Gasteiger partial charge in [-0.1, -0.05) is 11.3 Å². The first-order valence-corrected chi connectivity index (χ1v) is 7.73. The molecule has 1 aliphatic rings. The third kappa shape index (κ3) is 3.15. The van der Waals surface area contributed by atoms with Crippen LogP contribution in [0, 0.1) is 0 Å². The van der Waals surface area contributed by atoms with E-state index in [0.717, 1.165) is 16.0 Å². The second-order valence-corrected chi connectivity index (χ2v) is 5.95. The summed E-state index contributed by atoms with van der Waals surface area (Å²) in [6, 6.07) is 5.31. The van der Waals surface area contributed by atoms with Crippen LogP contribution in [0.2, 0.25) is 0 Å². The van der Waals surface area contributed by atoms with Crippen LogP contribution in [0.1, 0.15) is 13.3 Å². The van der Waals surface area contributed by atoms with Gasteiger partial charge in [0.15, 0.2) is 5.13 Å². The number of nitrogens with zero attached hydrogens (tertiary/aromatic N) is 1. The topological polar surface area (TPSA) is 83.5 Å². The number of aliphatic hydroxyl groups excluding tert-OH is 1. The van der Waals surface area contributed by atoms with Gasteiger partial charge in [0.05, 0.1) is 29.0 Å². The van der Waals surface area contributed by atoms with Gasteiger partial charge in [0, 0.05) is 6.54 Å². The zero-order valence-electron chi connectivity index (χ0n) is 11.6. The van der Waals surface area contributed by atoms with Crippen LogP contribution in [-0.2, 0) is 4.79 Å². The number of thiazole rings is 1. The average Bonchev–Trinajstić information content (AvgIpc) is 3.04. The van der Waals surface area contributed by atoms with E-state index in [9.17, 15) is 9.90 Å². The number of ether oxygens (including phenoxy) is 1. The number of amides is 1. The molecule has 0 bridgehead atoms. The highest BCUT2D eigenvalue weighted by atomic mass is 32.1. The van der Waals surface area contributed by atoms with E-state index >= 15 is 0 Å². The molecule has 2 atom stereocenters. The van der Waals surface area contributed by atoms with Gasteiger partial charge in [0.1, 0.15) is 5.75 Å². The fourth-order valence-electron chi connectivity index (χ4n) is 2.32. The van der Waals surface area contributed by atoms with Crippen LogP contribution in [0.25, 0.3) is 10.2 Å². The molecule has 3 rings (SSSR count). The number of fused-ring (bicyclic) bond motifs is 1. The highest BCUT2D eigenvalue weighted by Crippen LogP contribution is 2.29. The number of anilines is 1.